The van der Waals surface area contributed by atoms with E-state index in [0.29, 0.717) is 46.5 Å². The lowest BCUT2D eigenvalue weighted by Gasteiger charge is -2.63. The summed E-state index contributed by atoms with van der Waals surface area (Å²) >= 11 is 6.27. The van der Waals surface area contributed by atoms with Crippen LogP contribution in [-0.4, -0.2) is 101 Å². The van der Waals surface area contributed by atoms with Crippen molar-refractivity contribution in [2.75, 3.05) is 42.5 Å². The molecule has 2 N–H and O–H groups in total. The molecule has 8 rings (SSSR count). The number of rotatable bonds is 9. The highest BCUT2D eigenvalue weighted by atomic mass is 35.5. The molecule has 3 unspecified atom stereocenters. The highest BCUT2D eigenvalue weighted by molar-refractivity contribution is 6.33. The Bertz CT molecular complexity index is 2200. The van der Waals surface area contributed by atoms with Crippen LogP contribution in [0, 0.1) is 23.3 Å². The van der Waals surface area contributed by atoms with Crippen LogP contribution < -0.4 is 25.2 Å². The molecule has 3 aromatic rings. The SMILES string of the molecule is [C-]#[N+]c1ccc(OC2C(C)(C)C(NC(=O)c3ccc(N4CCC(CN5CC(C)N(c6ccc7c(c6)CN(C6CCC(=O)NC6=O)C7=O)C(C)C5)CC4)nc3)C2(C)C)cc1Cl. The predicted molar refractivity (Wildman–Crippen MR) is 230 cm³/mol. The zero-order valence-corrected chi connectivity index (χ0v) is 36.1. The lowest BCUT2D eigenvalue weighted by atomic mass is 9.49. The number of carbonyl (C=O) groups is 4. The fraction of sp³-hybridized carbons (Fsp3) is 0.522. The topological polar surface area (TPSA) is 132 Å². The van der Waals surface area contributed by atoms with Gasteiger partial charge in [0.05, 0.1) is 17.2 Å². The average molecular weight is 835 g/mol. The Kier molecular flexibility index (Phi) is 11.1. The van der Waals surface area contributed by atoms with E-state index in [1.54, 1.807) is 29.3 Å². The van der Waals surface area contributed by atoms with Crippen LogP contribution in [0.1, 0.15) is 93.5 Å². The van der Waals surface area contributed by atoms with Crippen LogP contribution in [0.15, 0.2) is 54.7 Å². The number of pyridine rings is 1. The van der Waals surface area contributed by atoms with Gasteiger partial charge in [-0.25, -0.2) is 9.83 Å². The number of piperidine rings is 2. The quantitative estimate of drug-likeness (QED) is 0.184. The van der Waals surface area contributed by atoms with Gasteiger partial charge in [-0.05, 0) is 87.1 Å². The van der Waals surface area contributed by atoms with E-state index >= 15 is 0 Å². The lowest BCUT2D eigenvalue weighted by molar-refractivity contribution is -0.164. The van der Waals surface area contributed by atoms with Crippen molar-refractivity contribution in [1.82, 2.24) is 25.4 Å². The van der Waals surface area contributed by atoms with Crippen molar-refractivity contribution >= 4 is 52.4 Å². The number of amides is 4. The second-order valence-electron chi connectivity index (χ2n) is 18.7. The number of nitrogens with zero attached hydrogens (tertiary/aromatic N) is 6. The smallest absolute Gasteiger partial charge is 0.255 e. The van der Waals surface area contributed by atoms with Crippen molar-refractivity contribution in [2.24, 2.45) is 16.7 Å². The van der Waals surface area contributed by atoms with Gasteiger partial charge in [0, 0.05) is 92.1 Å². The molecule has 4 fully saturated rings. The molecule has 0 radical (unpaired) electrons. The van der Waals surface area contributed by atoms with E-state index < -0.39 is 6.04 Å². The summed E-state index contributed by atoms with van der Waals surface area (Å²) in [4.78, 5) is 68.2. The number of nitrogens with one attached hydrogen (secondary N) is 2. The molecule has 14 heteroatoms. The molecular weight excluding hydrogens is 780 g/mol. The van der Waals surface area contributed by atoms with Crippen molar-refractivity contribution in [3.8, 4) is 5.75 Å². The Morgan fingerprint density at radius 3 is 2.33 bits per heavy atom. The van der Waals surface area contributed by atoms with Gasteiger partial charge in [-0.15, -0.1) is 0 Å². The first kappa shape index (κ1) is 41.5. The molecule has 5 heterocycles. The van der Waals surface area contributed by atoms with Crippen molar-refractivity contribution in [2.45, 2.75) is 104 Å². The third-order valence-corrected chi connectivity index (χ3v) is 14.0. The van der Waals surface area contributed by atoms with Gasteiger partial charge in [-0.3, -0.25) is 29.4 Å². The van der Waals surface area contributed by atoms with Crippen LogP contribution in [0.4, 0.5) is 17.2 Å². The molecule has 1 aromatic heterocycles. The number of aromatic nitrogens is 1. The number of benzene rings is 2. The molecule has 4 amide bonds. The van der Waals surface area contributed by atoms with Gasteiger partial charge in [0.25, 0.3) is 11.8 Å². The van der Waals surface area contributed by atoms with E-state index in [9.17, 15) is 19.2 Å². The third-order valence-electron chi connectivity index (χ3n) is 13.7. The summed E-state index contributed by atoms with van der Waals surface area (Å²) < 4.78 is 6.39. The molecule has 0 spiro atoms. The number of fused-ring (bicyclic) bond motifs is 1. The van der Waals surface area contributed by atoms with Crippen molar-refractivity contribution < 1.29 is 23.9 Å². The number of anilines is 2. The highest BCUT2D eigenvalue weighted by Gasteiger charge is 2.64. The van der Waals surface area contributed by atoms with E-state index in [1.165, 1.54) is 0 Å². The molecule has 0 bridgehead atoms. The highest BCUT2D eigenvalue weighted by Crippen LogP contribution is 2.55. The monoisotopic (exact) mass is 834 g/mol. The normalized spacial score (nSPS) is 26.5. The maximum atomic E-state index is 13.5. The molecular formula is C46H55ClN8O5. The van der Waals surface area contributed by atoms with Crippen LogP contribution in [0.3, 0.4) is 0 Å². The molecule has 3 atom stereocenters. The first-order valence-electron chi connectivity index (χ1n) is 21.2. The molecule has 1 aliphatic carbocycles. The molecule has 4 aliphatic heterocycles. The number of hydrogen-bond donors (Lipinski definition) is 2. The average Bonchev–Trinajstić information content (AvgIpc) is 3.53. The first-order valence-corrected chi connectivity index (χ1v) is 21.6. The van der Waals surface area contributed by atoms with Crippen LogP contribution in [0.2, 0.25) is 5.02 Å². The summed E-state index contributed by atoms with van der Waals surface area (Å²) in [6.07, 6.45) is 4.24. The van der Waals surface area contributed by atoms with Crippen molar-refractivity contribution in [3.05, 3.63) is 87.9 Å². The first-order chi connectivity index (χ1) is 28.5. The second kappa shape index (κ2) is 16.0. The summed E-state index contributed by atoms with van der Waals surface area (Å²) in [7, 11) is 0. The molecule has 2 aromatic carbocycles. The fourth-order valence-corrected chi connectivity index (χ4v) is 11.2. The van der Waals surface area contributed by atoms with Crippen LogP contribution in [0.25, 0.3) is 4.85 Å². The van der Waals surface area contributed by atoms with Crippen molar-refractivity contribution in [1.29, 1.82) is 0 Å². The summed E-state index contributed by atoms with van der Waals surface area (Å²) in [6.45, 7) is 25.3. The standard InChI is InChI=1S/C46H55ClN8O5/c1-27-23-52(24-28(2)55(27)32-9-11-34-31(20-32)26-54(42(34)59)37-13-15-39(56)50-41(37)58)25-29-16-18-53(19-17-29)38-14-8-30(22-49-38)40(57)51-43-45(3,4)44(46(43,5)6)60-33-10-12-36(48-7)35(47)21-33/h8-12,14,20-22,27-29,37,43-44H,13,15-19,23-26H2,1-6H3,(H,51,57)(H,50,56,58). The minimum Gasteiger partial charge on any atom is -0.489 e. The Labute approximate surface area is 357 Å². The van der Waals surface area contributed by atoms with E-state index in [2.05, 4.69) is 77.8 Å². The zero-order chi connectivity index (χ0) is 42.7. The minimum absolute atomic E-state index is 0.140. The van der Waals surface area contributed by atoms with Gasteiger partial charge in [0.15, 0.2) is 0 Å². The fourth-order valence-electron chi connectivity index (χ4n) is 11.0. The Hall–Kier alpha value is -5.19. The Morgan fingerprint density at radius 1 is 0.983 bits per heavy atom. The van der Waals surface area contributed by atoms with Gasteiger partial charge in [-0.2, -0.15) is 0 Å². The number of ether oxygens (including phenoxy) is 1. The number of imide groups is 1. The third kappa shape index (κ3) is 7.69. The molecule has 13 nitrogen and oxygen atoms in total. The molecule has 60 heavy (non-hydrogen) atoms. The number of hydrogen-bond acceptors (Lipinski definition) is 9. The Balaban J connectivity index is 0.807. The van der Waals surface area contributed by atoms with Gasteiger partial charge in [0.2, 0.25) is 17.5 Å². The Morgan fingerprint density at radius 2 is 1.70 bits per heavy atom. The lowest BCUT2D eigenvalue weighted by Crippen LogP contribution is -2.74. The summed E-state index contributed by atoms with van der Waals surface area (Å²) in [5.74, 6) is 1.09. The van der Waals surface area contributed by atoms with Crippen LogP contribution >= 0.6 is 11.6 Å². The van der Waals surface area contributed by atoms with Gasteiger partial charge in [0.1, 0.15) is 23.7 Å². The molecule has 1 saturated carbocycles. The molecule has 3 saturated heterocycles. The maximum Gasteiger partial charge on any atom is 0.255 e. The van der Waals surface area contributed by atoms with Crippen molar-refractivity contribution in [3.63, 3.8) is 0 Å². The summed E-state index contributed by atoms with van der Waals surface area (Å²) in [5.41, 5.74) is 2.85. The second-order valence-corrected chi connectivity index (χ2v) is 19.1. The zero-order valence-electron chi connectivity index (χ0n) is 35.3. The van der Waals surface area contributed by atoms with Crippen LogP contribution in [0.5, 0.6) is 5.75 Å². The maximum absolute atomic E-state index is 13.5. The summed E-state index contributed by atoms with van der Waals surface area (Å²) in [6, 6.07) is 14.8. The molecule has 5 aliphatic rings. The van der Waals surface area contributed by atoms with Gasteiger partial charge in [-0.1, -0.05) is 45.4 Å². The summed E-state index contributed by atoms with van der Waals surface area (Å²) in [5, 5.41) is 6.01. The van der Waals surface area contributed by atoms with E-state index in [-0.39, 0.29) is 65.1 Å². The van der Waals surface area contributed by atoms with E-state index in [4.69, 9.17) is 27.9 Å². The number of halogens is 1. The number of piperazine rings is 1. The van der Waals surface area contributed by atoms with Crippen LogP contribution in [-0.2, 0) is 16.1 Å². The number of carbonyl (C=O) groups excluding carboxylic acids is 4. The minimum atomic E-state index is -0.616. The van der Waals surface area contributed by atoms with E-state index in [0.717, 1.165) is 62.6 Å². The van der Waals surface area contributed by atoms with E-state index in [1.807, 2.05) is 24.3 Å². The molecule has 316 valence electrons. The predicted octanol–water partition coefficient (Wildman–Crippen LogP) is 6.47. The van der Waals surface area contributed by atoms with Gasteiger partial charge >= 0.3 is 0 Å². The van der Waals surface area contributed by atoms with Gasteiger partial charge < -0.3 is 24.8 Å². The largest absolute Gasteiger partial charge is 0.489 e.